The van der Waals surface area contributed by atoms with Crippen LogP contribution in [-0.2, 0) is 8.48 Å². The molecule has 2 atom stereocenters. The third-order valence-corrected chi connectivity index (χ3v) is 5.95. The first-order valence-corrected chi connectivity index (χ1v) is 10.0. The second-order valence-electron chi connectivity index (χ2n) is 5.20. The fourth-order valence-corrected chi connectivity index (χ4v) is 4.06. The number of ether oxygens (including phenoxy) is 1. The Kier molecular flexibility index (Phi) is 3.40. The summed E-state index contributed by atoms with van der Waals surface area (Å²) in [5.74, 6) is 0. The van der Waals surface area contributed by atoms with E-state index in [0.29, 0.717) is 5.69 Å². The summed E-state index contributed by atoms with van der Waals surface area (Å²) < 4.78 is 34.9. The molecule has 1 saturated heterocycles. The average molecular weight is 341 g/mol. The van der Waals surface area contributed by atoms with Crippen molar-refractivity contribution in [1.82, 2.24) is 0 Å². The first-order chi connectivity index (χ1) is 9.47. The molecule has 1 heterocycles. The Morgan fingerprint density at radius 2 is 1.80 bits per heavy atom. The van der Waals surface area contributed by atoms with Gasteiger partial charge in [-0.25, -0.2) is 0 Å². The number of carbonyl (C=O) groups is 1. The number of amides is 1. The first kappa shape index (κ1) is 13.7. The average Bonchev–Trinajstić information content (AvgIpc) is 2.73. The van der Waals surface area contributed by atoms with Gasteiger partial charge < -0.3 is 0 Å². The van der Waals surface area contributed by atoms with E-state index in [1.807, 2.05) is 0 Å². The van der Waals surface area contributed by atoms with E-state index in [0.717, 1.165) is 25.7 Å². The van der Waals surface area contributed by atoms with Crippen LogP contribution in [0, 0.1) is 0 Å². The van der Waals surface area contributed by atoms with Gasteiger partial charge >= 0.3 is 119 Å². The minimum absolute atomic E-state index is 0.0135. The van der Waals surface area contributed by atoms with Crippen molar-refractivity contribution in [2.24, 2.45) is 0 Å². The molecule has 0 aromatic heterocycles. The van der Waals surface area contributed by atoms with Gasteiger partial charge in [0.25, 0.3) is 0 Å². The van der Waals surface area contributed by atoms with Gasteiger partial charge in [-0.05, 0) is 0 Å². The number of benzene rings is 1. The van der Waals surface area contributed by atoms with E-state index in [-0.39, 0.29) is 22.6 Å². The molecule has 1 aromatic carbocycles. The molecular weight excluding hydrogens is 325 g/mol. The van der Waals surface area contributed by atoms with Gasteiger partial charge in [0.2, 0.25) is 0 Å². The van der Waals surface area contributed by atoms with Gasteiger partial charge in [-0.15, -0.1) is 0 Å². The van der Waals surface area contributed by atoms with Crippen molar-refractivity contribution in [3.63, 3.8) is 0 Å². The van der Waals surface area contributed by atoms with Crippen LogP contribution in [0.1, 0.15) is 25.7 Å². The van der Waals surface area contributed by atoms with E-state index in [4.69, 9.17) is 12.9 Å². The number of nitrogens with zero attached hydrogens (tertiary/aromatic N) is 1. The van der Waals surface area contributed by atoms with Crippen LogP contribution in [-0.4, -0.2) is 40.6 Å². The molecule has 3 rings (SSSR count). The summed E-state index contributed by atoms with van der Waals surface area (Å²) in [5, 5.41) is 0. The Balaban J connectivity index is 1.88. The quantitative estimate of drug-likeness (QED) is 0.766. The monoisotopic (exact) mass is 341 g/mol. The fourth-order valence-electron chi connectivity index (χ4n) is 2.94. The summed E-state index contributed by atoms with van der Waals surface area (Å²) in [6.07, 6.45) is 3.51. The van der Waals surface area contributed by atoms with E-state index in [9.17, 15) is 8.53 Å². The van der Waals surface area contributed by atoms with Crippen LogP contribution in [0.25, 0.3) is 0 Å². The molecule has 2 aliphatic rings. The zero-order valence-corrected chi connectivity index (χ0v) is 12.7. The summed E-state index contributed by atoms with van der Waals surface area (Å²) in [7, 11) is 0. The minimum atomic E-state index is -4.87. The Bertz CT molecular complexity index is 567. The number of anilines is 1. The van der Waals surface area contributed by atoms with E-state index in [1.54, 1.807) is 17.0 Å². The molecule has 1 amide bonds. The van der Waals surface area contributed by atoms with Crippen molar-refractivity contribution in [1.29, 1.82) is 0 Å². The number of carbonyl (C=O) groups excluding carboxylic acids is 1. The maximum absolute atomic E-state index is 12.0. The second-order valence-corrected chi connectivity index (χ2v) is 8.57. The SMILES string of the molecule is O=C1OC2CCCCC2N1c1ccc([As](=O)(O)O)cc1. The van der Waals surface area contributed by atoms with Crippen molar-refractivity contribution in [2.45, 2.75) is 37.8 Å². The van der Waals surface area contributed by atoms with E-state index < -0.39 is 14.2 Å². The molecule has 1 saturated carbocycles. The maximum atomic E-state index is 12.0. The van der Waals surface area contributed by atoms with Crippen LogP contribution >= 0.6 is 0 Å². The van der Waals surface area contributed by atoms with Gasteiger partial charge in [0.1, 0.15) is 0 Å². The normalized spacial score (nSPS) is 26.3. The van der Waals surface area contributed by atoms with Gasteiger partial charge in [-0.1, -0.05) is 0 Å². The molecule has 1 aliphatic carbocycles. The summed E-state index contributed by atoms with van der Waals surface area (Å²) in [4.78, 5) is 13.6. The number of rotatable bonds is 2. The van der Waals surface area contributed by atoms with E-state index in [1.165, 1.54) is 12.1 Å². The molecule has 0 radical (unpaired) electrons. The summed E-state index contributed by atoms with van der Waals surface area (Å²) in [6, 6.07) is 5.97. The van der Waals surface area contributed by atoms with Crippen LogP contribution in [0.4, 0.5) is 10.5 Å². The van der Waals surface area contributed by atoms with Crippen LogP contribution in [0.2, 0.25) is 0 Å². The Hall–Kier alpha value is -1.23. The Morgan fingerprint density at radius 1 is 1.15 bits per heavy atom. The molecule has 6 nitrogen and oxygen atoms in total. The van der Waals surface area contributed by atoms with Crippen molar-refractivity contribution in [2.75, 3.05) is 4.90 Å². The van der Waals surface area contributed by atoms with E-state index >= 15 is 0 Å². The van der Waals surface area contributed by atoms with Gasteiger partial charge in [0.15, 0.2) is 0 Å². The van der Waals surface area contributed by atoms with Crippen LogP contribution < -0.4 is 9.25 Å². The van der Waals surface area contributed by atoms with Crippen LogP contribution in [0.15, 0.2) is 24.3 Å². The predicted octanol–water partition coefficient (Wildman–Crippen LogP) is 0.515. The topological polar surface area (TPSA) is 87.1 Å². The fraction of sp³-hybridized carbons (Fsp3) is 0.462. The van der Waals surface area contributed by atoms with Crippen molar-refractivity contribution in [3.8, 4) is 0 Å². The predicted molar refractivity (Wildman–Crippen MR) is 72.0 cm³/mol. The molecule has 108 valence electrons. The van der Waals surface area contributed by atoms with Gasteiger partial charge in [-0.3, -0.25) is 0 Å². The molecule has 1 aliphatic heterocycles. The summed E-state index contributed by atoms with van der Waals surface area (Å²) in [5.41, 5.74) is 0.636. The van der Waals surface area contributed by atoms with Crippen molar-refractivity contribution < 1.29 is 21.5 Å². The molecule has 2 unspecified atom stereocenters. The molecule has 2 fully saturated rings. The van der Waals surface area contributed by atoms with Gasteiger partial charge in [0, 0.05) is 0 Å². The van der Waals surface area contributed by atoms with Crippen LogP contribution in [0.5, 0.6) is 0 Å². The molecule has 20 heavy (non-hydrogen) atoms. The molecule has 0 spiro atoms. The van der Waals surface area contributed by atoms with E-state index in [2.05, 4.69) is 0 Å². The number of hydrogen-bond acceptors (Lipinski definition) is 3. The number of hydrogen-bond donors (Lipinski definition) is 2. The van der Waals surface area contributed by atoms with Gasteiger partial charge in [0.05, 0.1) is 0 Å². The summed E-state index contributed by atoms with van der Waals surface area (Å²) >= 11 is -4.87. The molecule has 1 aromatic rings. The Morgan fingerprint density at radius 3 is 2.45 bits per heavy atom. The molecular formula is C13H16AsNO5. The first-order valence-electron chi connectivity index (χ1n) is 6.63. The zero-order chi connectivity index (χ0) is 14.3. The van der Waals surface area contributed by atoms with Crippen molar-refractivity contribution >= 4 is 30.3 Å². The third-order valence-electron chi connectivity index (χ3n) is 3.91. The molecule has 0 bridgehead atoms. The number of fused-ring (bicyclic) bond motifs is 1. The third kappa shape index (κ3) is 2.39. The second kappa shape index (κ2) is 4.95. The molecule has 2 N–H and O–H groups in total. The van der Waals surface area contributed by atoms with Crippen molar-refractivity contribution in [3.05, 3.63) is 24.3 Å². The Labute approximate surface area is 119 Å². The summed E-state index contributed by atoms with van der Waals surface area (Å²) in [6.45, 7) is 0. The molecule has 7 heteroatoms. The standard InChI is InChI=1S/C13H16AsNO5/c16-13-15(11-3-1-2-4-12(11)20-13)10-7-5-9(6-8-10)14(17,18)19/h5-8,11-12H,1-4H2,(H2,17,18,19). The van der Waals surface area contributed by atoms with Gasteiger partial charge in [-0.2, -0.15) is 0 Å². The van der Waals surface area contributed by atoms with Crippen LogP contribution in [0.3, 0.4) is 0 Å². The zero-order valence-electron chi connectivity index (χ0n) is 10.8.